The van der Waals surface area contributed by atoms with E-state index in [1.165, 1.54) is 32.1 Å². The third kappa shape index (κ3) is 2.33. The number of carbonyl (C=O) groups excluding carboxylic acids is 1. The van der Waals surface area contributed by atoms with Gasteiger partial charge in [-0.25, -0.2) is 9.69 Å². The smallest absolute Gasteiger partial charge is 0.237 e. The van der Waals surface area contributed by atoms with Crippen LogP contribution in [-0.4, -0.2) is 11.9 Å². The minimum absolute atomic E-state index is 0.259. The Labute approximate surface area is 131 Å². The minimum atomic E-state index is 0.259. The third-order valence-electron chi connectivity index (χ3n) is 6.09. The molecule has 1 aromatic rings. The van der Waals surface area contributed by atoms with Crippen molar-refractivity contribution < 1.29 is 9.69 Å². The van der Waals surface area contributed by atoms with Gasteiger partial charge in [-0.3, -0.25) is 0 Å². The number of carbonyl (C=O) groups is 1. The fraction of sp³-hybridized carbons (Fsp3) is 0.611. The van der Waals surface area contributed by atoms with Gasteiger partial charge in [0.15, 0.2) is 0 Å². The van der Waals surface area contributed by atoms with Crippen LogP contribution in [0.25, 0.3) is 0 Å². The summed E-state index contributed by atoms with van der Waals surface area (Å²) in [5.41, 5.74) is 1.10. The van der Waals surface area contributed by atoms with E-state index in [1.807, 2.05) is 24.3 Å². The highest BCUT2D eigenvalue weighted by Crippen LogP contribution is 2.53. The van der Waals surface area contributed by atoms with Gasteiger partial charge in [-0.2, -0.15) is 0 Å². The number of hydrogen-bond donors (Lipinski definition) is 1. The third-order valence-corrected chi connectivity index (χ3v) is 6.35. The van der Waals surface area contributed by atoms with E-state index in [4.69, 9.17) is 11.6 Å². The Balaban J connectivity index is 1.68. The van der Waals surface area contributed by atoms with Gasteiger partial charge in [-0.1, -0.05) is 11.6 Å². The van der Waals surface area contributed by atoms with E-state index in [0.717, 1.165) is 39.3 Å². The van der Waals surface area contributed by atoms with Gasteiger partial charge in [0.25, 0.3) is 0 Å². The van der Waals surface area contributed by atoms with Crippen molar-refractivity contribution in [2.75, 3.05) is 0 Å². The zero-order chi connectivity index (χ0) is 14.6. The molecule has 4 saturated carbocycles. The first kappa shape index (κ1) is 13.8. The average molecular weight is 305 g/mol. The first-order valence-corrected chi connectivity index (χ1v) is 8.63. The molecule has 21 heavy (non-hydrogen) atoms. The highest BCUT2D eigenvalue weighted by atomic mass is 35.5. The van der Waals surface area contributed by atoms with Crippen LogP contribution in [0.4, 0.5) is 5.69 Å². The summed E-state index contributed by atoms with van der Waals surface area (Å²) in [5, 5.41) is 0.742. The molecule has 0 saturated heterocycles. The van der Waals surface area contributed by atoms with Crippen LogP contribution in [0, 0.1) is 23.7 Å². The lowest BCUT2D eigenvalue weighted by Crippen LogP contribution is -3.15. The molecule has 0 aliphatic heterocycles. The van der Waals surface area contributed by atoms with E-state index in [2.05, 4.69) is 0 Å². The summed E-state index contributed by atoms with van der Waals surface area (Å²) < 4.78 is 0. The lowest BCUT2D eigenvalue weighted by atomic mass is 9.54. The molecule has 4 aliphatic rings. The monoisotopic (exact) mass is 304 g/mol. The molecule has 112 valence electrons. The molecule has 4 fully saturated rings. The van der Waals surface area contributed by atoms with Crippen LogP contribution >= 0.6 is 11.6 Å². The van der Waals surface area contributed by atoms with Crippen molar-refractivity contribution in [1.29, 1.82) is 0 Å². The Morgan fingerprint density at radius 1 is 1.00 bits per heavy atom. The molecular formula is C18H23ClNO+. The van der Waals surface area contributed by atoms with Crippen molar-refractivity contribution >= 4 is 23.2 Å². The Morgan fingerprint density at radius 3 is 2.00 bits per heavy atom. The number of quaternary nitrogens is 1. The van der Waals surface area contributed by atoms with Crippen LogP contribution in [0.15, 0.2) is 24.3 Å². The highest BCUT2D eigenvalue weighted by Gasteiger charge is 2.53. The summed E-state index contributed by atoms with van der Waals surface area (Å²) in [6, 6.07) is 8.39. The zero-order valence-electron chi connectivity index (χ0n) is 12.5. The second-order valence-corrected chi connectivity index (χ2v) is 7.87. The van der Waals surface area contributed by atoms with Crippen molar-refractivity contribution in [1.82, 2.24) is 0 Å². The first-order chi connectivity index (χ1) is 10.1. The summed E-state index contributed by atoms with van der Waals surface area (Å²) in [4.78, 5) is 13.5. The van der Waals surface area contributed by atoms with Crippen molar-refractivity contribution in [2.24, 2.45) is 23.7 Å². The summed E-state index contributed by atoms with van der Waals surface area (Å²) in [6.07, 6.45) is 6.85. The Hall–Kier alpha value is -0.860. The Kier molecular flexibility index (Phi) is 3.35. The zero-order valence-corrected chi connectivity index (χ0v) is 13.3. The van der Waals surface area contributed by atoms with Gasteiger partial charge in [0.05, 0.1) is 6.92 Å². The molecule has 0 spiro atoms. The first-order valence-electron chi connectivity index (χ1n) is 8.25. The number of hydrogen-bond acceptors (Lipinski definition) is 1. The molecule has 1 aromatic carbocycles. The molecule has 1 amide bonds. The van der Waals surface area contributed by atoms with E-state index in [9.17, 15) is 4.79 Å². The maximum Gasteiger partial charge on any atom is 0.314 e. The lowest BCUT2D eigenvalue weighted by molar-refractivity contribution is -0.795. The Bertz CT molecular complexity index is 525. The summed E-state index contributed by atoms with van der Waals surface area (Å²) >= 11 is 6.01. The molecule has 4 bridgehead atoms. The number of rotatable bonds is 2. The molecule has 2 nitrogen and oxygen atoms in total. The second kappa shape index (κ2) is 5.10. The molecule has 0 radical (unpaired) electrons. The fourth-order valence-corrected chi connectivity index (χ4v) is 5.78. The maximum atomic E-state index is 12.4. The molecule has 0 aromatic heterocycles. The van der Waals surface area contributed by atoms with Gasteiger partial charge in [-0.15, -0.1) is 0 Å². The SMILES string of the molecule is CC(=O)[NH+](c1ccc(Cl)cc1)C1C2CC3CC(C2)CC1C3. The molecule has 0 heterocycles. The van der Waals surface area contributed by atoms with E-state index in [-0.39, 0.29) is 5.91 Å². The molecular weight excluding hydrogens is 282 g/mol. The number of nitrogens with one attached hydrogen (secondary N) is 1. The Morgan fingerprint density at radius 2 is 1.52 bits per heavy atom. The van der Waals surface area contributed by atoms with Gasteiger partial charge in [0.2, 0.25) is 0 Å². The summed E-state index contributed by atoms with van der Waals surface area (Å²) in [5.74, 6) is 3.64. The molecule has 1 atom stereocenters. The highest BCUT2D eigenvalue weighted by molar-refractivity contribution is 6.30. The van der Waals surface area contributed by atoms with Crippen molar-refractivity contribution in [3.63, 3.8) is 0 Å². The summed E-state index contributed by atoms with van der Waals surface area (Å²) in [7, 11) is 0. The van der Waals surface area contributed by atoms with Crippen LogP contribution in [0.3, 0.4) is 0 Å². The normalized spacial score (nSPS) is 38.5. The predicted molar refractivity (Wildman–Crippen MR) is 83.6 cm³/mol. The quantitative estimate of drug-likeness (QED) is 0.890. The summed E-state index contributed by atoms with van der Waals surface area (Å²) in [6.45, 7) is 1.75. The molecule has 4 aliphatic carbocycles. The molecule has 1 N–H and O–H groups in total. The molecule has 1 unspecified atom stereocenters. The van der Waals surface area contributed by atoms with Crippen LogP contribution in [0.2, 0.25) is 5.02 Å². The predicted octanol–water partition coefficient (Wildman–Crippen LogP) is 3.23. The number of benzene rings is 1. The van der Waals surface area contributed by atoms with Crippen LogP contribution in [0.5, 0.6) is 0 Å². The van der Waals surface area contributed by atoms with Gasteiger partial charge < -0.3 is 0 Å². The van der Waals surface area contributed by atoms with Crippen LogP contribution in [0.1, 0.15) is 39.0 Å². The van der Waals surface area contributed by atoms with Crippen molar-refractivity contribution in [3.05, 3.63) is 29.3 Å². The van der Waals surface area contributed by atoms with Crippen molar-refractivity contribution in [2.45, 2.75) is 45.1 Å². The lowest BCUT2D eigenvalue weighted by Gasteiger charge is -2.54. The van der Waals surface area contributed by atoms with E-state index in [1.54, 1.807) is 6.92 Å². The van der Waals surface area contributed by atoms with Gasteiger partial charge in [-0.05, 0) is 56.1 Å². The van der Waals surface area contributed by atoms with E-state index >= 15 is 0 Å². The number of halogens is 1. The van der Waals surface area contributed by atoms with Gasteiger partial charge >= 0.3 is 5.91 Å². The van der Waals surface area contributed by atoms with E-state index in [0.29, 0.717) is 6.04 Å². The number of amides is 1. The molecule has 3 heteroatoms. The standard InChI is InChI=1S/C18H22ClNO/c1-11(21)20(17-4-2-16(19)3-5-17)18-14-7-12-6-13(9-14)10-15(18)8-12/h2-5,12-15,18H,6-10H2,1H3/p+1. The largest absolute Gasteiger partial charge is 0.314 e. The average Bonchev–Trinajstić information content (AvgIpc) is 2.43. The van der Waals surface area contributed by atoms with E-state index < -0.39 is 0 Å². The van der Waals surface area contributed by atoms with Gasteiger partial charge in [0, 0.05) is 29.0 Å². The van der Waals surface area contributed by atoms with Crippen LogP contribution < -0.4 is 4.90 Å². The topological polar surface area (TPSA) is 21.5 Å². The molecule has 5 rings (SSSR count). The fourth-order valence-electron chi connectivity index (χ4n) is 5.66. The van der Waals surface area contributed by atoms with Gasteiger partial charge in [0.1, 0.15) is 11.7 Å². The maximum absolute atomic E-state index is 12.4. The van der Waals surface area contributed by atoms with Crippen LogP contribution in [-0.2, 0) is 4.79 Å². The minimum Gasteiger partial charge on any atom is -0.237 e. The second-order valence-electron chi connectivity index (χ2n) is 7.43. The van der Waals surface area contributed by atoms with Crippen molar-refractivity contribution in [3.8, 4) is 0 Å².